The first kappa shape index (κ1) is 11.7. The van der Waals surface area contributed by atoms with E-state index in [2.05, 4.69) is 47.4 Å². The summed E-state index contributed by atoms with van der Waals surface area (Å²) in [6.45, 7) is 2.35. The highest BCUT2D eigenvalue weighted by Gasteiger charge is 2.23. The lowest BCUT2D eigenvalue weighted by molar-refractivity contribution is 0.153. The van der Waals surface area contributed by atoms with E-state index in [1.54, 1.807) is 0 Å². The zero-order chi connectivity index (χ0) is 12.4. The zero-order valence-electron chi connectivity index (χ0n) is 10.5. The van der Waals surface area contributed by atoms with E-state index in [4.69, 9.17) is 0 Å². The minimum absolute atomic E-state index is 0.285. The molecule has 1 saturated heterocycles. The van der Waals surface area contributed by atoms with Crippen molar-refractivity contribution < 1.29 is 5.11 Å². The number of hydrogen-bond donors (Lipinski definition) is 1. The first-order valence-electron chi connectivity index (χ1n) is 6.69. The van der Waals surface area contributed by atoms with Crippen molar-refractivity contribution in [3.63, 3.8) is 0 Å². The van der Waals surface area contributed by atoms with Gasteiger partial charge in [-0.3, -0.25) is 4.90 Å². The lowest BCUT2D eigenvalue weighted by Crippen LogP contribution is -2.31. The van der Waals surface area contributed by atoms with Crippen LogP contribution in [0.4, 0.5) is 0 Å². The summed E-state index contributed by atoms with van der Waals surface area (Å²) in [5.74, 6) is 0. The fourth-order valence-corrected chi connectivity index (χ4v) is 2.88. The first-order chi connectivity index (χ1) is 8.86. The summed E-state index contributed by atoms with van der Waals surface area (Å²) in [7, 11) is 0. The smallest absolute Gasteiger partial charge is 0.0587 e. The zero-order valence-corrected chi connectivity index (χ0v) is 10.5. The first-order valence-corrected chi connectivity index (χ1v) is 6.69. The van der Waals surface area contributed by atoms with Crippen molar-refractivity contribution in [1.82, 2.24) is 4.90 Å². The average molecular weight is 241 g/mol. The van der Waals surface area contributed by atoms with Crippen LogP contribution in [0.3, 0.4) is 0 Å². The predicted molar refractivity (Wildman–Crippen MR) is 74.5 cm³/mol. The van der Waals surface area contributed by atoms with Crippen LogP contribution in [0, 0.1) is 0 Å². The molecule has 0 amide bonds. The highest BCUT2D eigenvalue weighted by Crippen LogP contribution is 2.22. The van der Waals surface area contributed by atoms with Gasteiger partial charge in [0.05, 0.1) is 6.61 Å². The third-order valence-electron chi connectivity index (χ3n) is 3.91. The van der Waals surface area contributed by atoms with Gasteiger partial charge in [-0.1, -0.05) is 36.4 Å². The van der Waals surface area contributed by atoms with Gasteiger partial charge in [0.15, 0.2) is 0 Å². The average Bonchev–Trinajstić information content (AvgIpc) is 2.86. The Balaban J connectivity index is 1.82. The molecule has 3 rings (SSSR count). The molecule has 2 heteroatoms. The van der Waals surface area contributed by atoms with E-state index in [9.17, 15) is 5.11 Å². The molecule has 18 heavy (non-hydrogen) atoms. The van der Waals surface area contributed by atoms with Crippen LogP contribution < -0.4 is 0 Å². The number of benzene rings is 2. The van der Waals surface area contributed by atoms with Crippen molar-refractivity contribution in [2.45, 2.75) is 25.4 Å². The quantitative estimate of drug-likeness (QED) is 0.893. The Morgan fingerprint density at radius 2 is 1.94 bits per heavy atom. The fraction of sp³-hybridized carbons (Fsp3) is 0.375. The minimum atomic E-state index is 0.285. The summed E-state index contributed by atoms with van der Waals surface area (Å²) in [6.07, 6.45) is 2.34. The van der Waals surface area contributed by atoms with E-state index in [0.29, 0.717) is 6.04 Å². The fourth-order valence-electron chi connectivity index (χ4n) is 2.88. The summed E-state index contributed by atoms with van der Waals surface area (Å²) < 4.78 is 0. The molecule has 2 aromatic carbocycles. The number of hydrogen-bond acceptors (Lipinski definition) is 2. The van der Waals surface area contributed by atoms with Crippen molar-refractivity contribution >= 4 is 10.8 Å². The topological polar surface area (TPSA) is 23.5 Å². The molecule has 0 aromatic heterocycles. The van der Waals surface area contributed by atoms with Gasteiger partial charge in [-0.2, -0.15) is 0 Å². The van der Waals surface area contributed by atoms with Crippen LogP contribution >= 0.6 is 0 Å². The van der Waals surface area contributed by atoms with E-state index >= 15 is 0 Å². The van der Waals surface area contributed by atoms with Gasteiger partial charge in [-0.05, 0) is 41.8 Å². The molecule has 0 bridgehead atoms. The Morgan fingerprint density at radius 3 is 2.78 bits per heavy atom. The molecule has 0 saturated carbocycles. The van der Waals surface area contributed by atoms with Crippen molar-refractivity contribution in [3.05, 3.63) is 48.0 Å². The second-order valence-corrected chi connectivity index (χ2v) is 5.13. The van der Waals surface area contributed by atoms with E-state index in [1.807, 2.05) is 0 Å². The summed E-state index contributed by atoms with van der Waals surface area (Å²) >= 11 is 0. The molecule has 2 aromatic rings. The van der Waals surface area contributed by atoms with Gasteiger partial charge >= 0.3 is 0 Å². The van der Waals surface area contributed by atoms with Gasteiger partial charge in [0.2, 0.25) is 0 Å². The number of rotatable bonds is 3. The van der Waals surface area contributed by atoms with Crippen LogP contribution in [0.15, 0.2) is 42.5 Å². The predicted octanol–water partition coefficient (Wildman–Crippen LogP) is 2.80. The van der Waals surface area contributed by atoms with Crippen LogP contribution in [-0.2, 0) is 6.54 Å². The molecule has 2 nitrogen and oxygen atoms in total. The third kappa shape index (κ3) is 2.26. The lowest BCUT2D eigenvalue weighted by atomic mass is 10.1. The number of aliphatic hydroxyl groups is 1. The molecule has 1 aliphatic heterocycles. The van der Waals surface area contributed by atoms with E-state index in [1.165, 1.54) is 22.8 Å². The summed E-state index contributed by atoms with van der Waals surface area (Å²) in [5, 5.41) is 11.9. The Morgan fingerprint density at radius 1 is 1.11 bits per heavy atom. The van der Waals surface area contributed by atoms with Crippen molar-refractivity contribution in [3.8, 4) is 0 Å². The van der Waals surface area contributed by atoms with Crippen LogP contribution in [0.1, 0.15) is 18.4 Å². The van der Waals surface area contributed by atoms with Crippen LogP contribution in [0.25, 0.3) is 10.8 Å². The maximum atomic E-state index is 9.34. The summed E-state index contributed by atoms with van der Waals surface area (Å²) in [5.41, 5.74) is 1.34. The molecule has 1 fully saturated rings. The summed E-state index contributed by atoms with van der Waals surface area (Å²) in [4.78, 5) is 2.39. The second-order valence-electron chi connectivity index (χ2n) is 5.13. The minimum Gasteiger partial charge on any atom is -0.395 e. The maximum absolute atomic E-state index is 9.34. The Labute approximate surface area is 108 Å². The van der Waals surface area contributed by atoms with Crippen molar-refractivity contribution in [1.29, 1.82) is 0 Å². The normalized spacial score (nSPS) is 20.6. The third-order valence-corrected chi connectivity index (χ3v) is 3.91. The van der Waals surface area contributed by atoms with E-state index in [0.717, 1.165) is 19.5 Å². The Kier molecular flexibility index (Phi) is 3.31. The molecule has 1 N–H and O–H groups in total. The molecule has 0 spiro atoms. The van der Waals surface area contributed by atoms with Gasteiger partial charge in [-0.25, -0.2) is 0 Å². The molecule has 0 aliphatic carbocycles. The Bertz CT molecular complexity index is 537. The SMILES string of the molecule is OC[C@@H]1CCCN1Cc1ccc2ccccc2c1. The second kappa shape index (κ2) is 5.09. The molecule has 1 aliphatic rings. The van der Waals surface area contributed by atoms with Gasteiger partial charge in [0, 0.05) is 12.6 Å². The van der Waals surface area contributed by atoms with Gasteiger partial charge in [-0.15, -0.1) is 0 Å². The maximum Gasteiger partial charge on any atom is 0.0587 e. The van der Waals surface area contributed by atoms with Crippen molar-refractivity contribution in [2.24, 2.45) is 0 Å². The van der Waals surface area contributed by atoms with Gasteiger partial charge in [0.25, 0.3) is 0 Å². The Hall–Kier alpha value is -1.38. The van der Waals surface area contributed by atoms with Gasteiger partial charge in [0.1, 0.15) is 0 Å². The molecular weight excluding hydrogens is 222 g/mol. The molecule has 0 unspecified atom stereocenters. The largest absolute Gasteiger partial charge is 0.395 e. The molecule has 94 valence electrons. The van der Waals surface area contributed by atoms with Crippen LogP contribution in [-0.4, -0.2) is 29.2 Å². The standard InChI is InChI=1S/C16H19NO/c18-12-16-6-3-9-17(16)11-13-7-8-14-4-1-2-5-15(14)10-13/h1-2,4-5,7-8,10,16,18H,3,6,9,11-12H2/t16-/m0/s1. The number of aliphatic hydroxyl groups excluding tert-OH is 1. The molecular formula is C16H19NO. The summed E-state index contributed by atoms with van der Waals surface area (Å²) in [6, 6.07) is 15.5. The lowest BCUT2D eigenvalue weighted by Gasteiger charge is -2.22. The highest BCUT2D eigenvalue weighted by atomic mass is 16.3. The number of likely N-dealkylation sites (tertiary alicyclic amines) is 1. The van der Waals surface area contributed by atoms with E-state index in [-0.39, 0.29) is 6.61 Å². The van der Waals surface area contributed by atoms with Crippen LogP contribution in [0.2, 0.25) is 0 Å². The van der Waals surface area contributed by atoms with E-state index < -0.39 is 0 Å². The monoisotopic (exact) mass is 241 g/mol. The van der Waals surface area contributed by atoms with Crippen LogP contribution in [0.5, 0.6) is 0 Å². The number of fused-ring (bicyclic) bond motifs is 1. The van der Waals surface area contributed by atoms with Crippen molar-refractivity contribution in [2.75, 3.05) is 13.2 Å². The number of nitrogens with zero attached hydrogens (tertiary/aromatic N) is 1. The van der Waals surface area contributed by atoms with Gasteiger partial charge < -0.3 is 5.11 Å². The molecule has 1 heterocycles. The molecule has 0 radical (unpaired) electrons. The molecule has 1 atom stereocenters. The highest BCUT2D eigenvalue weighted by molar-refractivity contribution is 5.82.